The van der Waals surface area contributed by atoms with Crippen molar-refractivity contribution in [1.82, 2.24) is 4.90 Å². The van der Waals surface area contributed by atoms with Crippen LogP contribution in [0, 0.1) is 17.8 Å². The maximum Gasteiger partial charge on any atom is 0.254 e. The van der Waals surface area contributed by atoms with Gasteiger partial charge in [-0.05, 0) is 55.0 Å². The van der Waals surface area contributed by atoms with Gasteiger partial charge in [-0.15, -0.1) is 29.8 Å². The number of imide groups is 2. The summed E-state index contributed by atoms with van der Waals surface area (Å²) in [4.78, 5) is 53.5. The topological polar surface area (TPSA) is 95.0 Å². The Balaban J connectivity index is 1.54. The van der Waals surface area contributed by atoms with Crippen molar-refractivity contribution in [1.29, 1.82) is 0 Å². The summed E-state index contributed by atoms with van der Waals surface area (Å²) in [5.41, 5.74) is 1.76. The fourth-order valence-corrected chi connectivity index (χ4v) is 8.65. The van der Waals surface area contributed by atoms with E-state index in [1.54, 1.807) is 48.5 Å². The van der Waals surface area contributed by atoms with Crippen molar-refractivity contribution in [2.24, 2.45) is 17.8 Å². The molecule has 2 aromatic carbocycles. The largest absolute Gasteiger partial charge is 0.507 e. The molecule has 0 radical (unpaired) electrons. The van der Waals surface area contributed by atoms with E-state index < -0.39 is 51.1 Å². The molecule has 4 aliphatic rings. The average molecular weight is 679 g/mol. The Morgan fingerprint density at radius 2 is 1.73 bits per heavy atom. The van der Waals surface area contributed by atoms with E-state index in [0.717, 1.165) is 9.80 Å². The first-order valence-corrected chi connectivity index (χ1v) is 15.3. The molecule has 212 valence electrons. The minimum absolute atomic E-state index is 0.0886. The summed E-state index contributed by atoms with van der Waals surface area (Å²) in [5.74, 6) is -5.49. The van der Waals surface area contributed by atoms with Gasteiger partial charge in [-0.3, -0.25) is 29.0 Å². The van der Waals surface area contributed by atoms with Crippen LogP contribution in [0.5, 0.6) is 5.75 Å². The van der Waals surface area contributed by atoms with Gasteiger partial charge in [0.1, 0.15) is 5.75 Å². The number of carbonyl (C=O) groups excluding carboxylic acids is 4. The van der Waals surface area contributed by atoms with E-state index in [9.17, 15) is 24.3 Å². The molecule has 2 heterocycles. The maximum atomic E-state index is 14.0. The number of hydrogen-bond acceptors (Lipinski definition) is 5. The van der Waals surface area contributed by atoms with E-state index in [1.165, 1.54) is 0 Å². The van der Waals surface area contributed by atoms with Crippen LogP contribution in [0.4, 0.5) is 5.69 Å². The number of amides is 4. The molecule has 0 spiro atoms. The van der Waals surface area contributed by atoms with Crippen molar-refractivity contribution in [2.45, 2.75) is 34.9 Å². The number of nitrogens with zero attached hydrogens (tertiary/aromatic N) is 2. The monoisotopic (exact) mass is 676 g/mol. The number of aromatic hydroxyl groups is 1. The number of hydrogen-bond donors (Lipinski definition) is 1. The van der Waals surface area contributed by atoms with Gasteiger partial charge in [0.2, 0.25) is 11.8 Å². The van der Waals surface area contributed by atoms with Gasteiger partial charge in [-0.2, -0.15) is 0 Å². The van der Waals surface area contributed by atoms with Crippen LogP contribution in [0.2, 0.25) is 5.02 Å². The number of anilines is 1. The van der Waals surface area contributed by atoms with Crippen LogP contribution in [0.3, 0.4) is 0 Å². The highest BCUT2D eigenvalue weighted by atomic mass is 79.9. The Labute approximate surface area is 259 Å². The second kappa shape index (κ2) is 9.97. The van der Waals surface area contributed by atoms with Crippen LogP contribution >= 0.6 is 50.7 Å². The predicted octanol–water partition coefficient (Wildman–Crippen LogP) is 5.69. The zero-order valence-corrected chi connectivity index (χ0v) is 25.4. The first-order valence-electron chi connectivity index (χ1n) is 13.1. The molecule has 3 fully saturated rings. The zero-order valence-electron chi connectivity index (χ0n) is 21.5. The number of phenols is 1. The van der Waals surface area contributed by atoms with Crippen molar-refractivity contribution in [2.75, 3.05) is 10.4 Å². The number of allylic oxidation sites excluding steroid dienone is 3. The molecule has 6 rings (SSSR count). The summed E-state index contributed by atoms with van der Waals surface area (Å²) >= 11 is 23.7. The second-order valence-electron chi connectivity index (χ2n) is 10.8. The lowest BCUT2D eigenvalue weighted by molar-refractivity contribution is -0.138. The normalized spacial score (nSPS) is 32.5. The number of phenolic OH excluding ortho intramolecular Hbond substituents is 1. The van der Waals surface area contributed by atoms with Crippen molar-refractivity contribution >= 4 is 80.0 Å². The highest BCUT2D eigenvalue weighted by Gasteiger charge is 2.76. The molecule has 1 N–H and O–H groups in total. The van der Waals surface area contributed by atoms with Crippen molar-refractivity contribution in [3.05, 3.63) is 82.9 Å². The Bertz CT molecular complexity index is 1560. The third-order valence-electron chi connectivity index (χ3n) is 8.93. The molecular weight excluding hydrogens is 655 g/mol. The van der Waals surface area contributed by atoms with Gasteiger partial charge in [-0.1, -0.05) is 63.5 Å². The number of benzene rings is 2. The summed E-state index contributed by atoms with van der Waals surface area (Å²) in [6.45, 7) is 3.75. The van der Waals surface area contributed by atoms with Gasteiger partial charge in [0.05, 0.1) is 23.0 Å². The lowest BCUT2D eigenvalue weighted by Crippen LogP contribution is -2.60. The SMILES string of the molecule is C=CCc1cccc([C@H]2C3=CC[C@@H]4C(=O)N(c5ccc(Cl)cc5)C(=O)[C@@H]4[C@@H]3C[C@@]3(Cl)C(=O)N(CBr)C(=O)[C@@]23Cl)c1O. The van der Waals surface area contributed by atoms with Gasteiger partial charge >= 0.3 is 0 Å². The molecular formula is C30H24BrCl3N2O5. The summed E-state index contributed by atoms with van der Waals surface area (Å²) in [6.07, 6.45) is 3.92. The third-order valence-corrected chi connectivity index (χ3v) is 11.1. The number of alkyl halides is 3. The standard InChI is InChI=1S/C30H24BrCl3N2O5/c1-2-4-15-5-3-6-20(24(15)37)23-18-11-12-19-22(26(39)36(25(19)38)17-9-7-16(32)8-10-17)21(18)13-29(33)27(40)35(14-31)28(41)30(23,29)34/h2-3,5-11,19,21-23,37H,1,4,12-14H2/t19-,21+,22-,23+,29+,30-/m0/s1. The molecule has 4 amide bonds. The number of rotatable bonds is 5. The van der Waals surface area contributed by atoms with E-state index in [2.05, 4.69) is 22.5 Å². The number of para-hydroxylation sites is 1. The molecule has 2 aliphatic carbocycles. The molecule has 11 heteroatoms. The fourth-order valence-electron chi connectivity index (χ4n) is 7.11. The van der Waals surface area contributed by atoms with E-state index in [4.69, 9.17) is 34.8 Å². The maximum absolute atomic E-state index is 14.0. The van der Waals surface area contributed by atoms with E-state index in [0.29, 0.717) is 33.8 Å². The Morgan fingerprint density at radius 3 is 2.39 bits per heavy atom. The van der Waals surface area contributed by atoms with Crippen molar-refractivity contribution < 1.29 is 24.3 Å². The second-order valence-corrected chi connectivity index (χ2v) is 13.0. The van der Waals surface area contributed by atoms with Gasteiger partial charge in [0.15, 0.2) is 9.75 Å². The van der Waals surface area contributed by atoms with Crippen molar-refractivity contribution in [3.8, 4) is 5.75 Å². The van der Waals surface area contributed by atoms with Crippen LogP contribution in [0.1, 0.15) is 29.9 Å². The van der Waals surface area contributed by atoms with Gasteiger partial charge < -0.3 is 5.11 Å². The molecule has 2 saturated heterocycles. The minimum Gasteiger partial charge on any atom is -0.507 e. The zero-order chi connectivity index (χ0) is 29.4. The Morgan fingerprint density at radius 1 is 1.02 bits per heavy atom. The molecule has 41 heavy (non-hydrogen) atoms. The molecule has 0 unspecified atom stereocenters. The molecule has 0 bridgehead atoms. The lowest BCUT2D eigenvalue weighted by Gasteiger charge is -2.50. The lowest BCUT2D eigenvalue weighted by atomic mass is 9.56. The van der Waals surface area contributed by atoms with E-state index in [-0.39, 0.29) is 30.0 Å². The van der Waals surface area contributed by atoms with Gasteiger partial charge in [0, 0.05) is 16.5 Å². The van der Waals surface area contributed by atoms with Crippen LogP contribution in [-0.2, 0) is 25.6 Å². The fraction of sp³-hybridized carbons (Fsp3) is 0.333. The predicted molar refractivity (Wildman–Crippen MR) is 159 cm³/mol. The van der Waals surface area contributed by atoms with E-state index in [1.807, 2.05) is 6.08 Å². The van der Waals surface area contributed by atoms with Gasteiger partial charge in [0.25, 0.3) is 11.8 Å². The van der Waals surface area contributed by atoms with Crippen LogP contribution < -0.4 is 4.90 Å². The quantitative estimate of drug-likeness (QED) is 0.190. The van der Waals surface area contributed by atoms with Crippen LogP contribution in [0.15, 0.2) is 66.8 Å². The molecule has 7 nitrogen and oxygen atoms in total. The smallest absolute Gasteiger partial charge is 0.254 e. The highest BCUT2D eigenvalue weighted by molar-refractivity contribution is 9.09. The molecule has 2 aliphatic heterocycles. The molecule has 0 aromatic heterocycles. The summed E-state index contributed by atoms with van der Waals surface area (Å²) in [6, 6.07) is 11.5. The highest BCUT2D eigenvalue weighted by Crippen LogP contribution is 2.66. The number of fused-ring (bicyclic) bond motifs is 4. The number of halogens is 4. The van der Waals surface area contributed by atoms with E-state index >= 15 is 0 Å². The Kier molecular flexibility index (Phi) is 6.92. The minimum atomic E-state index is -1.99. The van der Waals surface area contributed by atoms with Crippen LogP contribution in [0.25, 0.3) is 0 Å². The summed E-state index contributed by atoms with van der Waals surface area (Å²) in [7, 11) is 0. The number of likely N-dealkylation sites (tertiary alicyclic amines) is 1. The molecule has 6 atom stereocenters. The summed E-state index contributed by atoms with van der Waals surface area (Å²) in [5, 5.41) is 11.9. The van der Waals surface area contributed by atoms with Crippen LogP contribution in [-0.4, -0.2) is 48.8 Å². The van der Waals surface area contributed by atoms with Gasteiger partial charge in [-0.25, -0.2) is 0 Å². The average Bonchev–Trinajstić information content (AvgIpc) is 3.28. The van der Waals surface area contributed by atoms with Crippen molar-refractivity contribution in [3.63, 3.8) is 0 Å². The first-order chi connectivity index (χ1) is 19.5. The molecule has 2 aromatic rings. The summed E-state index contributed by atoms with van der Waals surface area (Å²) < 4.78 is 0. The molecule has 1 saturated carbocycles. The third kappa shape index (κ3) is 3.76. The Hall–Kier alpha value is -2.65. The first kappa shape index (κ1) is 28.5. The number of carbonyl (C=O) groups is 4.